The molecule has 1 aliphatic carbocycles. The average Bonchev–Trinajstić information content (AvgIpc) is 3.60. The number of fused-ring (bicyclic) bond motifs is 1. The van der Waals surface area contributed by atoms with E-state index in [2.05, 4.69) is 30.6 Å². The number of nitrogen functional groups attached to an aromatic ring is 1. The van der Waals surface area contributed by atoms with Gasteiger partial charge in [-0.25, -0.2) is 4.98 Å². The quantitative estimate of drug-likeness (QED) is 0.409. The van der Waals surface area contributed by atoms with Crippen molar-refractivity contribution in [1.29, 1.82) is 0 Å². The van der Waals surface area contributed by atoms with Gasteiger partial charge in [-0.15, -0.1) is 10.2 Å². The number of hydrogen-bond donors (Lipinski definition) is 2. The van der Waals surface area contributed by atoms with Gasteiger partial charge >= 0.3 is 0 Å². The standard InChI is InChI=1S/C25H25N9/c26-25-27-21-11-19(13-33-15-23(29-31-33)17-7-3-1-4-8-17)20(12-22(21)28-25)14-34-16-24(30-32-34)18-9-5-2-6-10-18/h1-10,15-16,19-20H,11-14H2,(H3,26,27,28)/t19-,20-/m0/s1. The van der Waals surface area contributed by atoms with Gasteiger partial charge in [0.05, 0.1) is 18.1 Å². The summed E-state index contributed by atoms with van der Waals surface area (Å²) in [7, 11) is 0. The SMILES string of the molecule is Nc1nc2c([nH]1)C[C@@H](Cn1cc(-c3ccccc3)nn1)[C@H](Cn1cc(-c3ccccc3)nn1)C2. The minimum Gasteiger partial charge on any atom is -0.369 e. The molecule has 3 N–H and O–H groups in total. The molecule has 3 heterocycles. The van der Waals surface area contributed by atoms with Crippen LogP contribution in [0, 0.1) is 11.8 Å². The van der Waals surface area contributed by atoms with Crippen LogP contribution in [0.1, 0.15) is 11.4 Å². The summed E-state index contributed by atoms with van der Waals surface area (Å²) in [5.41, 5.74) is 12.0. The number of imidazole rings is 1. The van der Waals surface area contributed by atoms with Gasteiger partial charge in [0, 0.05) is 29.9 Å². The minimum atomic E-state index is 0.310. The fraction of sp³-hybridized carbons (Fsp3) is 0.240. The molecule has 0 spiro atoms. The topological polar surface area (TPSA) is 116 Å². The molecule has 2 atom stereocenters. The molecule has 0 fully saturated rings. The van der Waals surface area contributed by atoms with E-state index in [1.807, 2.05) is 82.4 Å². The molecule has 0 saturated heterocycles. The summed E-state index contributed by atoms with van der Waals surface area (Å²) in [4.78, 5) is 7.76. The number of aromatic amines is 1. The molecule has 1 aliphatic rings. The molecule has 0 unspecified atom stereocenters. The van der Waals surface area contributed by atoms with Gasteiger partial charge in [0.25, 0.3) is 0 Å². The Balaban J connectivity index is 1.24. The molecule has 0 amide bonds. The van der Waals surface area contributed by atoms with Crippen molar-refractivity contribution in [1.82, 2.24) is 40.0 Å². The molecule has 0 radical (unpaired) electrons. The smallest absolute Gasteiger partial charge is 0.197 e. The molecule has 2 aromatic carbocycles. The summed E-state index contributed by atoms with van der Waals surface area (Å²) in [6, 6.07) is 20.2. The van der Waals surface area contributed by atoms with Gasteiger partial charge in [0.1, 0.15) is 11.4 Å². The van der Waals surface area contributed by atoms with E-state index >= 15 is 0 Å². The third kappa shape index (κ3) is 4.07. The molecular formula is C25H25N9. The maximum absolute atomic E-state index is 5.97. The first-order valence-electron chi connectivity index (χ1n) is 11.5. The van der Waals surface area contributed by atoms with Gasteiger partial charge in [-0.2, -0.15) is 0 Å². The van der Waals surface area contributed by atoms with Crippen LogP contribution >= 0.6 is 0 Å². The lowest BCUT2D eigenvalue weighted by molar-refractivity contribution is 0.224. The van der Waals surface area contributed by atoms with Crippen molar-refractivity contribution in [2.45, 2.75) is 25.9 Å². The van der Waals surface area contributed by atoms with Gasteiger partial charge in [-0.1, -0.05) is 71.1 Å². The zero-order valence-electron chi connectivity index (χ0n) is 18.6. The van der Waals surface area contributed by atoms with Crippen LogP contribution in [0.4, 0.5) is 5.95 Å². The Morgan fingerprint density at radius 3 is 1.85 bits per heavy atom. The highest BCUT2D eigenvalue weighted by Crippen LogP contribution is 2.32. The number of rotatable bonds is 6. The number of nitrogens with zero attached hydrogens (tertiary/aromatic N) is 7. The fourth-order valence-corrected chi connectivity index (χ4v) is 4.81. The van der Waals surface area contributed by atoms with Crippen LogP contribution in [0.15, 0.2) is 73.1 Å². The van der Waals surface area contributed by atoms with E-state index in [9.17, 15) is 0 Å². The van der Waals surface area contributed by atoms with Crippen LogP contribution in [0.3, 0.4) is 0 Å². The van der Waals surface area contributed by atoms with Crippen LogP contribution < -0.4 is 5.73 Å². The summed E-state index contributed by atoms with van der Waals surface area (Å²) in [5.74, 6) is 1.11. The maximum atomic E-state index is 5.97. The zero-order chi connectivity index (χ0) is 22.9. The monoisotopic (exact) mass is 451 g/mol. The second kappa shape index (κ2) is 8.58. The highest BCUT2D eigenvalue weighted by atomic mass is 15.4. The molecule has 9 nitrogen and oxygen atoms in total. The van der Waals surface area contributed by atoms with Crippen molar-refractivity contribution in [3.63, 3.8) is 0 Å². The fourth-order valence-electron chi connectivity index (χ4n) is 4.81. The van der Waals surface area contributed by atoms with E-state index < -0.39 is 0 Å². The Kier molecular flexibility index (Phi) is 5.14. The van der Waals surface area contributed by atoms with E-state index in [0.29, 0.717) is 17.8 Å². The molecule has 9 heteroatoms. The van der Waals surface area contributed by atoms with Gasteiger partial charge in [-0.05, 0) is 24.7 Å². The van der Waals surface area contributed by atoms with Crippen molar-refractivity contribution in [2.24, 2.45) is 11.8 Å². The molecule has 5 aromatic rings. The maximum Gasteiger partial charge on any atom is 0.197 e. The van der Waals surface area contributed by atoms with Crippen LogP contribution in [0.2, 0.25) is 0 Å². The number of H-pyrrole nitrogens is 1. The largest absolute Gasteiger partial charge is 0.369 e. The lowest BCUT2D eigenvalue weighted by Crippen LogP contribution is -2.32. The summed E-state index contributed by atoms with van der Waals surface area (Å²) in [5, 5.41) is 17.6. The predicted octanol–water partition coefficient (Wildman–Crippen LogP) is 3.24. The van der Waals surface area contributed by atoms with E-state index in [-0.39, 0.29) is 0 Å². The van der Waals surface area contributed by atoms with Crippen molar-refractivity contribution in [3.05, 3.63) is 84.4 Å². The van der Waals surface area contributed by atoms with Gasteiger partial charge < -0.3 is 10.7 Å². The highest BCUT2D eigenvalue weighted by Gasteiger charge is 2.32. The second-order valence-electron chi connectivity index (χ2n) is 8.86. The van der Waals surface area contributed by atoms with Crippen LogP contribution in [0.25, 0.3) is 22.5 Å². The Morgan fingerprint density at radius 2 is 1.29 bits per heavy atom. The molecule has 170 valence electrons. The molecule has 3 aromatic heterocycles. The molecule has 0 aliphatic heterocycles. The van der Waals surface area contributed by atoms with Crippen LogP contribution in [-0.4, -0.2) is 40.0 Å². The van der Waals surface area contributed by atoms with Crippen molar-refractivity contribution >= 4 is 5.95 Å². The Bertz CT molecular complexity index is 1280. The lowest BCUT2D eigenvalue weighted by Gasteiger charge is -2.30. The summed E-state index contributed by atoms with van der Waals surface area (Å²) >= 11 is 0. The van der Waals surface area contributed by atoms with E-state index in [1.54, 1.807) is 0 Å². The summed E-state index contributed by atoms with van der Waals surface area (Å²) in [6.45, 7) is 1.50. The third-order valence-electron chi connectivity index (χ3n) is 6.53. The Hall–Kier alpha value is -4.27. The van der Waals surface area contributed by atoms with Crippen molar-refractivity contribution < 1.29 is 0 Å². The first kappa shape index (κ1) is 20.3. The molecule has 0 bridgehead atoms. The number of aromatic nitrogens is 8. The van der Waals surface area contributed by atoms with Crippen LogP contribution in [0.5, 0.6) is 0 Å². The molecule has 6 rings (SSSR count). The highest BCUT2D eigenvalue weighted by molar-refractivity contribution is 5.57. The number of benzene rings is 2. The normalized spacial score (nSPS) is 17.5. The Morgan fingerprint density at radius 1 is 0.765 bits per heavy atom. The van der Waals surface area contributed by atoms with Gasteiger partial charge in [-0.3, -0.25) is 9.36 Å². The van der Waals surface area contributed by atoms with Crippen molar-refractivity contribution in [3.8, 4) is 22.5 Å². The summed E-state index contributed by atoms with van der Waals surface area (Å²) in [6.07, 6.45) is 5.72. The number of nitrogens with two attached hydrogens (primary N) is 1. The van der Waals surface area contributed by atoms with Gasteiger partial charge in [0.15, 0.2) is 5.95 Å². The number of nitrogens with one attached hydrogen (secondary N) is 1. The van der Waals surface area contributed by atoms with Gasteiger partial charge in [0.2, 0.25) is 0 Å². The van der Waals surface area contributed by atoms with Crippen molar-refractivity contribution in [2.75, 3.05) is 5.73 Å². The molecule has 34 heavy (non-hydrogen) atoms. The minimum absolute atomic E-state index is 0.310. The van der Waals surface area contributed by atoms with E-state index in [0.717, 1.165) is 59.8 Å². The second-order valence-corrected chi connectivity index (χ2v) is 8.86. The summed E-state index contributed by atoms with van der Waals surface area (Å²) < 4.78 is 3.89. The van der Waals surface area contributed by atoms with Crippen LogP contribution in [-0.2, 0) is 25.9 Å². The Labute approximate surface area is 196 Å². The lowest BCUT2D eigenvalue weighted by atomic mass is 9.79. The first-order valence-corrected chi connectivity index (χ1v) is 11.5. The van der Waals surface area contributed by atoms with E-state index in [4.69, 9.17) is 5.73 Å². The molecule has 0 saturated carbocycles. The third-order valence-corrected chi connectivity index (χ3v) is 6.53. The molecular weight excluding hydrogens is 426 g/mol. The first-order chi connectivity index (χ1) is 16.7. The number of anilines is 1. The zero-order valence-corrected chi connectivity index (χ0v) is 18.6. The predicted molar refractivity (Wildman–Crippen MR) is 128 cm³/mol. The van der Waals surface area contributed by atoms with E-state index in [1.165, 1.54) is 0 Å². The number of hydrogen-bond acceptors (Lipinski definition) is 6. The average molecular weight is 452 g/mol.